The zero-order valence-corrected chi connectivity index (χ0v) is 12.7. The van der Waals surface area contributed by atoms with Gasteiger partial charge < -0.3 is 15.5 Å². The Hall–Kier alpha value is -1.55. The molecule has 110 valence electrons. The average Bonchev–Trinajstić information content (AvgIpc) is 2.46. The van der Waals surface area contributed by atoms with Crippen LogP contribution in [0.25, 0.3) is 0 Å². The van der Waals surface area contributed by atoms with Gasteiger partial charge in [-0.2, -0.15) is 0 Å². The van der Waals surface area contributed by atoms with E-state index in [2.05, 4.69) is 23.8 Å². The van der Waals surface area contributed by atoms with Gasteiger partial charge in [0.25, 0.3) is 0 Å². The number of benzene rings is 1. The van der Waals surface area contributed by atoms with Gasteiger partial charge in [0.2, 0.25) is 0 Å². The molecule has 0 atom stereocenters. The smallest absolute Gasteiger partial charge is 0.161 e. The first-order chi connectivity index (χ1) is 9.52. The Bertz CT molecular complexity index is 479. The van der Waals surface area contributed by atoms with E-state index in [1.54, 1.807) is 6.92 Å². The largest absolute Gasteiger partial charge is 0.398 e. The van der Waals surface area contributed by atoms with E-state index in [9.17, 15) is 4.79 Å². The Kier molecular flexibility index (Phi) is 4.65. The first kappa shape index (κ1) is 14.9. The second-order valence-corrected chi connectivity index (χ2v) is 5.60. The van der Waals surface area contributed by atoms with Gasteiger partial charge in [-0.3, -0.25) is 4.79 Å². The maximum atomic E-state index is 11.4. The summed E-state index contributed by atoms with van der Waals surface area (Å²) in [6, 6.07) is 6.31. The van der Waals surface area contributed by atoms with Gasteiger partial charge >= 0.3 is 0 Å². The van der Waals surface area contributed by atoms with Gasteiger partial charge in [0, 0.05) is 43.1 Å². The summed E-state index contributed by atoms with van der Waals surface area (Å²) in [5, 5.41) is 0. The molecule has 4 nitrogen and oxygen atoms in total. The van der Waals surface area contributed by atoms with Crippen LogP contribution in [0.1, 0.15) is 37.0 Å². The van der Waals surface area contributed by atoms with Crippen molar-refractivity contribution in [2.75, 3.05) is 37.3 Å². The molecule has 1 heterocycles. The van der Waals surface area contributed by atoms with Crippen molar-refractivity contribution in [2.24, 2.45) is 0 Å². The third-order valence-electron chi connectivity index (χ3n) is 4.37. The number of Topliss-reactive ketones (excluding diaryl/α,β-unsaturated/α-hetero) is 1. The van der Waals surface area contributed by atoms with E-state index in [0.29, 0.717) is 17.3 Å². The molecule has 1 saturated heterocycles. The van der Waals surface area contributed by atoms with Crippen LogP contribution >= 0.6 is 0 Å². The molecule has 20 heavy (non-hydrogen) atoms. The van der Waals surface area contributed by atoms with Crippen LogP contribution in [0, 0.1) is 0 Å². The number of hydrogen-bond acceptors (Lipinski definition) is 4. The second-order valence-electron chi connectivity index (χ2n) is 5.60. The van der Waals surface area contributed by atoms with Crippen LogP contribution in [0.5, 0.6) is 0 Å². The van der Waals surface area contributed by atoms with Gasteiger partial charge in [-0.1, -0.05) is 6.92 Å². The van der Waals surface area contributed by atoms with Crippen molar-refractivity contribution in [3.8, 4) is 0 Å². The number of rotatable bonds is 4. The standard InChI is InChI=1S/C16H25N3O/c1-4-19-9-7-13(8-10-19)18(3)14-5-6-15(12(2)20)16(17)11-14/h5-6,11,13H,4,7-10,17H2,1-3H3. The van der Waals surface area contributed by atoms with Crippen molar-refractivity contribution >= 4 is 17.2 Å². The highest BCUT2D eigenvalue weighted by molar-refractivity contribution is 5.99. The fourth-order valence-corrected chi connectivity index (χ4v) is 2.92. The highest BCUT2D eigenvalue weighted by Crippen LogP contribution is 2.25. The fourth-order valence-electron chi connectivity index (χ4n) is 2.92. The van der Waals surface area contributed by atoms with Gasteiger partial charge in [0.1, 0.15) is 0 Å². The Morgan fingerprint density at radius 1 is 1.40 bits per heavy atom. The minimum atomic E-state index is 0.0213. The van der Waals surface area contributed by atoms with Gasteiger partial charge in [-0.05, 0) is 44.5 Å². The van der Waals surface area contributed by atoms with E-state index in [-0.39, 0.29) is 5.78 Å². The lowest BCUT2D eigenvalue weighted by Crippen LogP contribution is -2.43. The Labute approximate surface area is 121 Å². The summed E-state index contributed by atoms with van der Waals surface area (Å²) in [6.45, 7) is 7.22. The van der Waals surface area contributed by atoms with Crippen LogP contribution in [0.2, 0.25) is 0 Å². The maximum absolute atomic E-state index is 11.4. The zero-order chi connectivity index (χ0) is 14.7. The van der Waals surface area contributed by atoms with Crippen molar-refractivity contribution in [3.05, 3.63) is 23.8 Å². The average molecular weight is 275 g/mol. The zero-order valence-electron chi connectivity index (χ0n) is 12.7. The molecule has 0 bridgehead atoms. The molecule has 0 amide bonds. The molecule has 1 aliphatic rings. The minimum absolute atomic E-state index is 0.0213. The summed E-state index contributed by atoms with van der Waals surface area (Å²) < 4.78 is 0. The van der Waals surface area contributed by atoms with E-state index in [4.69, 9.17) is 5.73 Å². The Morgan fingerprint density at radius 3 is 2.55 bits per heavy atom. The molecule has 1 aliphatic heterocycles. The Morgan fingerprint density at radius 2 is 2.05 bits per heavy atom. The predicted octanol–water partition coefficient (Wildman–Crippen LogP) is 2.39. The number of carbonyl (C=O) groups excluding carboxylic acids is 1. The van der Waals surface area contributed by atoms with E-state index in [1.807, 2.05) is 18.2 Å². The molecule has 1 aromatic carbocycles. The van der Waals surface area contributed by atoms with E-state index >= 15 is 0 Å². The van der Waals surface area contributed by atoms with Crippen LogP contribution in [-0.4, -0.2) is 43.4 Å². The van der Waals surface area contributed by atoms with Crippen LogP contribution in [0.3, 0.4) is 0 Å². The van der Waals surface area contributed by atoms with Crippen molar-refractivity contribution in [3.63, 3.8) is 0 Å². The lowest BCUT2D eigenvalue weighted by Gasteiger charge is -2.37. The van der Waals surface area contributed by atoms with E-state index < -0.39 is 0 Å². The number of nitrogens with two attached hydrogens (primary N) is 1. The van der Waals surface area contributed by atoms with Crippen LogP contribution in [0.4, 0.5) is 11.4 Å². The number of nitrogens with zero attached hydrogens (tertiary/aromatic N) is 2. The van der Waals surface area contributed by atoms with Gasteiger partial charge in [-0.15, -0.1) is 0 Å². The summed E-state index contributed by atoms with van der Waals surface area (Å²) in [5.41, 5.74) is 8.27. The molecule has 0 unspecified atom stereocenters. The third-order valence-corrected chi connectivity index (χ3v) is 4.37. The summed E-state index contributed by atoms with van der Waals surface area (Å²) in [5.74, 6) is 0.0213. The molecule has 2 rings (SSSR count). The number of ketones is 1. The number of carbonyl (C=O) groups is 1. The lowest BCUT2D eigenvalue weighted by molar-refractivity contribution is 0.101. The highest BCUT2D eigenvalue weighted by atomic mass is 16.1. The Balaban J connectivity index is 2.08. The molecular weight excluding hydrogens is 250 g/mol. The van der Waals surface area contributed by atoms with E-state index in [0.717, 1.165) is 25.3 Å². The second kappa shape index (κ2) is 6.27. The van der Waals surface area contributed by atoms with Crippen molar-refractivity contribution < 1.29 is 4.79 Å². The van der Waals surface area contributed by atoms with Gasteiger partial charge in [-0.25, -0.2) is 0 Å². The van der Waals surface area contributed by atoms with Crippen LogP contribution < -0.4 is 10.6 Å². The number of anilines is 2. The summed E-state index contributed by atoms with van der Waals surface area (Å²) >= 11 is 0. The molecule has 0 aliphatic carbocycles. The SMILES string of the molecule is CCN1CCC(N(C)c2ccc(C(C)=O)c(N)c2)CC1. The number of nitrogen functional groups attached to an aromatic ring is 1. The van der Waals surface area contributed by atoms with Crippen molar-refractivity contribution in [2.45, 2.75) is 32.7 Å². The monoisotopic (exact) mass is 275 g/mol. The normalized spacial score (nSPS) is 17.1. The molecule has 0 aromatic heterocycles. The van der Waals surface area contributed by atoms with Gasteiger partial charge in [0.15, 0.2) is 5.78 Å². The molecule has 0 spiro atoms. The molecular formula is C16H25N3O. The molecule has 2 N–H and O–H groups in total. The summed E-state index contributed by atoms with van der Waals surface area (Å²) in [7, 11) is 2.12. The molecule has 4 heteroatoms. The molecule has 1 fully saturated rings. The lowest BCUT2D eigenvalue weighted by atomic mass is 10.0. The summed E-state index contributed by atoms with van der Waals surface area (Å²) in [4.78, 5) is 16.2. The first-order valence-corrected chi connectivity index (χ1v) is 7.38. The van der Waals surface area contributed by atoms with E-state index in [1.165, 1.54) is 12.8 Å². The molecule has 1 aromatic rings. The number of likely N-dealkylation sites (tertiary alicyclic amines) is 1. The first-order valence-electron chi connectivity index (χ1n) is 7.38. The summed E-state index contributed by atoms with van der Waals surface area (Å²) in [6.07, 6.45) is 2.36. The highest BCUT2D eigenvalue weighted by Gasteiger charge is 2.22. The molecule has 0 saturated carbocycles. The molecule has 0 radical (unpaired) electrons. The number of piperidine rings is 1. The van der Waals surface area contributed by atoms with Crippen LogP contribution in [-0.2, 0) is 0 Å². The van der Waals surface area contributed by atoms with Crippen molar-refractivity contribution in [1.29, 1.82) is 0 Å². The maximum Gasteiger partial charge on any atom is 0.161 e. The predicted molar refractivity (Wildman–Crippen MR) is 84.4 cm³/mol. The van der Waals surface area contributed by atoms with Crippen molar-refractivity contribution in [1.82, 2.24) is 4.90 Å². The van der Waals surface area contributed by atoms with Gasteiger partial charge in [0.05, 0.1) is 0 Å². The number of hydrogen-bond donors (Lipinski definition) is 1. The topological polar surface area (TPSA) is 49.6 Å². The fraction of sp³-hybridized carbons (Fsp3) is 0.562. The quantitative estimate of drug-likeness (QED) is 0.677. The van der Waals surface area contributed by atoms with Crippen LogP contribution in [0.15, 0.2) is 18.2 Å². The third kappa shape index (κ3) is 3.12. The minimum Gasteiger partial charge on any atom is -0.398 e.